The molecule has 0 saturated carbocycles. The molecular weight excluding hydrogens is 352 g/mol. The molecule has 7 nitrogen and oxygen atoms in total. The van der Waals surface area contributed by atoms with Gasteiger partial charge in [0.05, 0.1) is 0 Å². The van der Waals surface area contributed by atoms with E-state index in [1.165, 1.54) is 11.3 Å². The number of carbonyl (C=O) groups is 1. The van der Waals surface area contributed by atoms with E-state index >= 15 is 0 Å². The average molecular weight is 383 g/mol. The summed E-state index contributed by atoms with van der Waals surface area (Å²) in [5.74, 6) is 0.793. The first-order chi connectivity index (χ1) is 13.7. The molecule has 2 amide bonds. The molecule has 0 spiro atoms. The van der Waals surface area contributed by atoms with Crippen molar-refractivity contribution in [3.8, 4) is 0 Å². The van der Waals surface area contributed by atoms with E-state index in [2.05, 4.69) is 63.8 Å². The number of likely N-dealkylation sites (tertiary alicyclic amines) is 1. The summed E-state index contributed by atoms with van der Waals surface area (Å²) >= 11 is 0. The summed E-state index contributed by atoms with van der Waals surface area (Å²) in [5.41, 5.74) is 2.49. The Morgan fingerprint density at radius 3 is 2.68 bits per heavy atom. The van der Waals surface area contributed by atoms with Gasteiger partial charge in [-0.1, -0.05) is 18.2 Å². The Bertz CT molecular complexity index is 746. The van der Waals surface area contributed by atoms with Crippen LogP contribution in [0.15, 0.2) is 42.6 Å². The number of aryl methyl sites for hydroxylation is 1. The Labute approximate surface area is 167 Å². The minimum atomic E-state index is 0.0267. The zero-order valence-electron chi connectivity index (χ0n) is 16.8. The highest BCUT2D eigenvalue weighted by Gasteiger charge is 2.22. The van der Waals surface area contributed by atoms with Crippen molar-refractivity contribution in [2.24, 2.45) is 0 Å². The lowest BCUT2D eigenvalue weighted by molar-refractivity contribution is 0.184. The van der Waals surface area contributed by atoms with Crippen molar-refractivity contribution in [3.05, 3.63) is 48.2 Å². The molecule has 1 fully saturated rings. The van der Waals surface area contributed by atoms with Crippen LogP contribution in [0, 0.1) is 6.92 Å². The van der Waals surface area contributed by atoms with E-state index in [0.29, 0.717) is 12.6 Å². The molecule has 150 valence electrons. The number of hydrogen-bond donors (Lipinski definition) is 2. The lowest BCUT2D eigenvalue weighted by Gasteiger charge is -2.33. The van der Waals surface area contributed by atoms with Gasteiger partial charge < -0.3 is 20.4 Å². The molecule has 0 atom stereocenters. The van der Waals surface area contributed by atoms with Crippen LogP contribution in [0.4, 0.5) is 16.3 Å². The van der Waals surface area contributed by atoms with Crippen LogP contribution in [-0.4, -0.2) is 59.9 Å². The molecule has 2 N–H and O–H groups in total. The van der Waals surface area contributed by atoms with E-state index in [1.807, 2.05) is 17.0 Å². The van der Waals surface area contributed by atoms with Crippen molar-refractivity contribution >= 4 is 17.5 Å². The molecule has 1 saturated heterocycles. The molecule has 1 aliphatic rings. The monoisotopic (exact) mass is 382 g/mol. The highest BCUT2D eigenvalue weighted by atomic mass is 16.2. The SMILES string of the molecule is CCN(CCNC(=O)N1CCC(Nc2cccnn2)CC1)c1ccccc1C. The van der Waals surface area contributed by atoms with Crippen LogP contribution in [0.5, 0.6) is 0 Å². The second-order valence-corrected chi connectivity index (χ2v) is 7.11. The molecule has 1 aromatic carbocycles. The second-order valence-electron chi connectivity index (χ2n) is 7.11. The van der Waals surface area contributed by atoms with E-state index in [1.54, 1.807) is 6.20 Å². The third-order valence-electron chi connectivity index (χ3n) is 5.20. The maximum atomic E-state index is 12.5. The summed E-state index contributed by atoms with van der Waals surface area (Å²) in [6, 6.07) is 12.5. The van der Waals surface area contributed by atoms with Crippen LogP contribution in [0.3, 0.4) is 0 Å². The molecule has 2 heterocycles. The predicted molar refractivity (Wildman–Crippen MR) is 113 cm³/mol. The highest BCUT2D eigenvalue weighted by Crippen LogP contribution is 2.18. The molecule has 1 aromatic heterocycles. The summed E-state index contributed by atoms with van der Waals surface area (Å²) < 4.78 is 0. The van der Waals surface area contributed by atoms with Crippen molar-refractivity contribution in [1.29, 1.82) is 0 Å². The van der Waals surface area contributed by atoms with Gasteiger partial charge in [-0.25, -0.2) is 4.79 Å². The van der Waals surface area contributed by atoms with Gasteiger partial charge in [-0.05, 0) is 50.5 Å². The number of likely N-dealkylation sites (N-methyl/N-ethyl adjacent to an activating group) is 1. The van der Waals surface area contributed by atoms with Crippen molar-refractivity contribution < 1.29 is 4.79 Å². The molecule has 1 aliphatic heterocycles. The standard InChI is InChI=1S/C21H30N6O/c1-3-26(19-8-5-4-7-17(19)2)16-13-22-21(28)27-14-10-18(11-15-27)24-20-9-6-12-23-25-20/h4-9,12,18H,3,10-11,13-16H2,1-2H3,(H,22,28)(H,24,25). The number of benzene rings is 1. The van der Waals surface area contributed by atoms with Gasteiger partial charge in [0.1, 0.15) is 5.82 Å². The predicted octanol–water partition coefficient (Wildman–Crippen LogP) is 2.90. The summed E-state index contributed by atoms with van der Waals surface area (Å²) in [5, 5.41) is 14.4. The Morgan fingerprint density at radius 1 is 1.21 bits per heavy atom. The van der Waals surface area contributed by atoms with Gasteiger partial charge in [0, 0.05) is 50.6 Å². The van der Waals surface area contributed by atoms with Gasteiger partial charge in [0.25, 0.3) is 0 Å². The number of urea groups is 1. The Balaban J connectivity index is 1.40. The Kier molecular flexibility index (Phi) is 7.06. The summed E-state index contributed by atoms with van der Waals surface area (Å²) in [6.07, 6.45) is 3.49. The molecule has 0 unspecified atom stereocenters. The first-order valence-corrected chi connectivity index (χ1v) is 10.0. The molecule has 3 rings (SSSR count). The minimum absolute atomic E-state index is 0.0267. The van der Waals surface area contributed by atoms with E-state index < -0.39 is 0 Å². The van der Waals surface area contributed by atoms with Gasteiger partial charge in [0.2, 0.25) is 0 Å². The number of nitrogens with zero attached hydrogens (tertiary/aromatic N) is 4. The van der Waals surface area contributed by atoms with E-state index in [9.17, 15) is 4.79 Å². The number of carbonyl (C=O) groups excluding carboxylic acids is 1. The number of para-hydroxylation sites is 1. The zero-order valence-corrected chi connectivity index (χ0v) is 16.8. The molecule has 0 aliphatic carbocycles. The number of nitrogens with one attached hydrogen (secondary N) is 2. The average Bonchev–Trinajstić information content (AvgIpc) is 2.73. The number of rotatable bonds is 7. The topological polar surface area (TPSA) is 73.4 Å². The lowest BCUT2D eigenvalue weighted by Crippen LogP contribution is -2.48. The molecule has 7 heteroatoms. The molecular formula is C21H30N6O. The van der Waals surface area contributed by atoms with Crippen LogP contribution in [0.2, 0.25) is 0 Å². The molecule has 2 aromatic rings. The summed E-state index contributed by atoms with van der Waals surface area (Å²) in [4.78, 5) is 16.7. The first kappa shape index (κ1) is 19.9. The highest BCUT2D eigenvalue weighted by molar-refractivity contribution is 5.74. The number of amides is 2. The first-order valence-electron chi connectivity index (χ1n) is 10.0. The van der Waals surface area contributed by atoms with Crippen LogP contribution < -0.4 is 15.5 Å². The summed E-state index contributed by atoms with van der Waals surface area (Å²) in [6.45, 7) is 8.12. The van der Waals surface area contributed by atoms with Gasteiger partial charge >= 0.3 is 6.03 Å². The van der Waals surface area contributed by atoms with Crippen LogP contribution in [0.25, 0.3) is 0 Å². The fraction of sp³-hybridized carbons (Fsp3) is 0.476. The fourth-order valence-corrected chi connectivity index (χ4v) is 3.59. The minimum Gasteiger partial charge on any atom is -0.370 e. The van der Waals surface area contributed by atoms with Crippen LogP contribution in [0.1, 0.15) is 25.3 Å². The van der Waals surface area contributed by atoms with E-state index in [0.717, 1.165) is 44.8 Å². The quantitative estimate of drug-likeness (QED) is 0.770. The Morgan fingerprint density at radius 2 is 2.00 bits per heavy atom. The normalized spacial score (nSPS) is 14.6. The molecule has 0 radical (unpaired) electrons. The smallest absolute Gasteiger partial charge is 0.317 e. The van der Waals surface area contributed by atoms with Crippen molar-refractivity contribution in [1.82, 2.24) is 20.4 Å². The van der Waals surface area contributed by atoms with Crippen molar-refractivity contribution in [2.75, 3.05) is 42.9 Å². The third kappa shape index (κ3) is 5.34. The second kappa shape index (κ2) is 9.92. The van der Waals surface area contributed by atoms with Crippen LogP contribution >= 0.6 is 0 Å². The summed E-state index contributed by atoms with van der Waals surface area (Å²) in [7, 11) is 0. The zero-order chi connectivity index (χ0) is 19.8. The molecule has 28 heavy (non-hydrogen) atoms. The largest absolute Gasteiger partial charge is 0.370 e. The van der Waals surface area contributed by atoms with Crippen LogP contribution in [-0.2, 0) is 0 Å². The van der Waals surface area contributed by atoms with E-state index in [-0.39, 0.29) is 6.03 Å². The van der Waals surface area contributed by atoms with Gasteiger partial charge in [0.15, 0.2) is 0 Å². The van der Waals surface area contributed by atoms with Gasteiger partial charge in [-0.2, -0.15) is 5.10 Å². The van der Waals surface area contributed by atoms with Gasteiger partial charge in [-0.3, -0.25) is 0 Å². The maximum absolute atomic E-state index is 12.5. The lowest BCUT2D eigenvalue weighted by atomic mass is 10.1. The Hall–Kier alpha value is -2.83. The number of piperidine rings is 1. The van der Waals surface area contributed by atoms with Gasteiger partial charge in [-0.15, -0.1) is 5.10 Å². The third-order valence-corrected chi connectivity index (χ3v) is 5.20. The number of anilines is 2. The number of hydrogen-bond acceptors (Lipinski definition) is 5. The maximum Gasteiger partial charge on any atom is 0.317 e. The van der Waals surface area contributed by atoms with Crippen molar-refractivity contribution in [3.63, 3.8) is 0 Å². The molecule has 0 bridgehead atoms. The van der Waals surface area contributed by atoms with Crippen molar-refractivity contribution in [2.45, 2.75) is 32.7 Å². The fourth-order valence-electron chi connectivity index (χ4n) is 3.59. The van der Waals surface area contributed by atoms with E-state index in [4.69, 9.17) is 0 Å². The number of aromatic nitrogens is 2.